The SMILES string of the molecule is C#CC(F)NC. The molecule has 0 aromatic carbocycles. The van der Waals surface area contributed by atoms with E-state index in [1.165, 1.54) is 7.05 Å². The van der Waals surface area contributed by atoms with E-state index in [1.54, 1.807) is 0 Å². The van der Waals surface area contributed by atoms with Gasteiger partial charge in [0.25, 0.3) is 0 Å². The minimum absolute atomic E-state index is 1.29. The predicted molar refractivity (Wildman–Crippen MR) is 22.8 cm³/mol. The maximum absolute atomic E-state index is 11.5. The standard InChI is InChI=1S/C4H6FN/c1-3-4(5)6-2/h1,4,6H,2H3. The Morgan fingerprint density at radius 3 is 2.50 bits per heavy atom. The van der Waals surface area contributed by atoms with E-state index in [-0.39, 0.29) is 0 Å². The maximum Gasteiger partial charge on any atom is 0.212 e. The zero-order valence-corrected chi connectivity index (χ0v) is 3.53. The van der Waals surface area contributed by atoms with Crippen LogP contribution in [-0.4, -0.2) is 13.3 Å². The minimum atomic E-state index is -1.29. The first kappa shape index (κ1) is 5.45. The van der Waals surface area contributed by atoms with Gasteiger partial charge in [-0.1, -0.05) is 5.92 Å². The van der Waals surface area contributed by atoms with Gasteiger partial charge in [0, 0.05) is 0 Å². The third-order valence-corrected chi connectivity index (χ3v) is 0.400. The largest absolute Gasteiger partial charge is 0.281 e. The van der Waals surface area contributed by atoms with Crippen LogP contribution in [0.25, 0.3) is 0 Å². The number of alkyl halides is 1. The molecule has 0 aromatic rings. The highest BCUT2D eigenvalue weighted by atomic mass is 19.1. The molecule has 0 aliphatic rings. The van der Waals surface area contributed by atoms with Gasteiger partial charge in [0.1, 0.15) is 0 Å². The smallest absolute Gasteiger partial charge is 0.212 e. The first-order valence-electron chi connectivity index (χ1n) is 1.58. The fraction of sp³-hybridized carbons (Fsp3) is 0.500. The zero-order chi connectivity index (χ0) is 4.99. The van der Waals surface area contributed by atoms with Crippen LogP contribution >= 0.6 is 0 Å². The summed E-state index contributed by atoms with van der Waals surface area (Å²) in [5.41, 5.74) is 0. The van der Waals surface area contributed by atoms with Crippen molar-refractivity contribution in [2.75, 3.05) is 7.05 Å². The molecule has 0 amide bonds. The van der Waals surface area contributed by atoms with Gasteiger partial charge < -0.3 is 0 Å². The Balaban J connectivity index is 3.04. The average molecular weight is 87.1 g/mol. The van der Waals surface area contributed by atoms with Crippen LogP contribution < -0.4 is 5.32 Å². The van der Waals surface area contributed by atoms with Crippen LogP contribution in [0.1, 0.15) is 0 Å². The molecular weight excluding hydrogens is 81.0 g/mol. The summed E-state index contributed by atoms with van der Waals surface area (Å²) < 4.78 is 11.5. The summed E-state index contributed by atoms with van der Waals surface area (Å²) in [7, 11) is 1.46. The monoisotopic (exact) mass is 87.0 g/mol. The van der Waals surface area contributed by atoms with Gasteiger partial charge in [-0.2, -0.15) is 0 Å². The highest BCUT2D eigenvalue weighted by molar-refractivity contribution is 4.90. The Morgan fingerprint density at radius 2 is 2.50 bits per heavy atom. The molecule has 0 aromatic heterocycles. The first-order chi connectivity index (χ1) is 2.81. The van der Waals surface area contributed by atoms with Crippen molar-refractivity contribution < 1.29 is 4.39 Å². The zero-order valence-electron chi connectivity index (χ0n) is 3.53. The molecule has 6 heavy (non-hydrogen) atoms. The van der Waals surface area contributed by atoms with Crippen molar-refractivity contribution in [2.45, 2.75) is 6.30 Å². The van der Waals surface area contributed by atoms with Crippen LogP contribution in [0.3, 0.4) is 0 Å². The van der Waals surface area contributed by atoms with E-state index in [4.69, 9.17) is 0 Å². The predicted octanol–water partition coefficient (Wildman–Crippen LogP) is 0.135. The second kappa shape index (κ2) is 2.67. The van der Waals surface area contributed by atoms with Crippen molar-refractivity contribution in [3.63, 3.8) is 0 Å². The number of hydrogen-bond acceptors (Lipinski definition) is 1. The average Bonchev–Trinajstić information content (AvgIpc) is 1.65. The van der Waals surface area contributed by atoms with Gasteiger partial charge in [-0.05, 0) is 7.05 Å². The van der Waals surface area contributed by atoms with E-state index in [9.17, 15) is 4.39 Å². The van der Waals surface area contributed by atoms with E-state index in [1.807, 2.05) is 5.92 Å². The van der Waals surface area contributed by atoms with Crippen LogP contribution in [-0.2, 0) is 0 Å². The molecule has 1 nitrogen and oxygen atoms in total. The Hall–Kier alpha value is -0.550. The fourth-order valence-corrected chi connectivity index (χ4v) is 0.0833. The lowest BCUT2D eigenvalue weighted by atomic mass is 10.6. The third kappa shape index (κ3) is 1.74. The molecule has 0 fully saturated rings. The quantitative estimate of drug-likeness (QED) is 0.354. The number of halogens is 1. The van der Waals surface area contributed by atoms with E-state index in [0.717, 1.165) is 0 Å². The van der Waals surface area contributed by atoms with Gasteiger partial charge in [-0.15, -0.1) is 6.42 Å². The summed E-state index contributed by atoms with van der Waals surface area (Å²) in [6.07, 6.45) is 3.31. The third-order valence-electron chi connectivity index (χ3n) is 0.400. The molecule has 0 saturated heterocycles. The molecule has 0 rings (SSSR count). The molecular formula is C4H6FN. The van der Waals surface area contributed by atoms with Crippen molar-refractivity contribution in [3.8, 4) is 12.3 Å². The Kier molecular flexibility index (Phi) is 2.43. The van der Waals surface area contributed by atoms with Crippen molar-refractivity contribution in [1.29, 1.82) is 0 Å². The molecule has 0 saturated carbocycles. The van der Waals surface area contributed by atoms with Gasteiger partial charge in [0.05, 0.1) is 0 Å². The summed E-state index contributed by atoms with van der Waals surface area (Å²) in [6, 6.07) is 0. The van der Waals surface area contributed by atoms with Crippen LogP contribution in [0.2, 0.25) is 0 Å². The van der Waals surface area contributed by atoms with Crippen molar-refractivity contribution in [1.82, 2.24) is 5.32 Å². The first-order valence-corrected chi connectivity index (χ1v) is 1.58. The lowest BCUT2D eigenvalue weighted by Crippen LogP contribution is -2.16. The lowest BCUT2D eigenvalue weighted by Gasteiger charge is -1.90. The summed E-state index contributed by atoms with van der Waals surface area (Å²) in [5.74, 6) is 1.84. The summed E-state index contributed by atoms with van der Waals surface area (Å²) in [5, 5.41) is 2.21. The van der Waals surface area contributed by atoms with Gasteiger partial charge in [0.2, 0.25) is 6.30 Å². The van der Waals surface area contributed by atoms with Crippen LogP contribution in [0.4, 0.5) is 4.39 Å². The van der Waals surface area contributed by atoms with Gasteiger partial charge >= 0.3 is 0 Å². The van der Waals surface area contributed by atoms with Crippen LogP contribution in [0, 0.1) is 12.3 Å². The molecule has 0 spiro atoms. The molecule has 0 aliphatic heterocycles. The molecule has 0 aliphatic carbocycles. The number of rotatable bonds is 1. The topological polar surface area (TPSA) is 12.0 Å². The molecule has 0 bridgehead atoms. The molecule has 1 N–H and O–H groups in total. The Labute approximate surface area is 36.5 Å². The number of hydrogen-bond donors (Lipinski definition) is 1. The van der Waals surface area contributed by atoms with E-state index < -0.39 is 6.30 Å². The van der Waals surface area contributed by atoms with Gasteiger partial charge in [0.15, 0.2) is 0 Å². The van der Waals surface area contributed by atoms with Crippen molar-refractivity contribution in [2.24, 2.45) is 0 Å². The molecule has 1 atom stereocenters. The minimum Gasteiger partial charge on any atom is -0.281 e. The van der Waals surface area contributed by atoms with Crippen molar-refractivity contribution >= 4 is 0 Å². The number of terminal acetylenes is 1. The van der Waals surface area contributed by atoms with Crippen LogP contribution in [0.15, 0.2) is 0 Å². The van der Waals surface area contributed by atoms with E-state index in [2.05, 4.69) is 11.7 Å². The normalized spacial score (nSPS) is 12.8. The highest BCUT2D eigenvalue weighted by Crippen LogP contribution is 1.73. The van der Waals surface area contributed by atoms with Crippen molar-refractivity contribution in [3.05, 3.63) is 0 Å². The maximum atomic E-state index is 11.5. The molecule has 0 heterocycles. The number of nitrogens with one attached hydrogen (secondary N) is 1. The summed E-state index contributed by atoms with van der Waals surface area (Å²) in [6.45, 7) is 0. The Morgan fingerprint density at radius 1 is 2.00 bits per heavy atom. The second-order valence-corrected chi connectivity index (χ2v) is 0.818. The summed E-state index contributed by atoms with van der Waals surface area (Å²) >= 11 is 0. The second-order valence-electron chi connectivity index (χ2n) is 0.818. The van der Waals surface area contributed by atoms with E-state index >= 15 is 0 Å². The molecule has 2 heteroatoms. The molecule has 34 valence electrons. The fourth-order valence-electron chi connectivity index (χ4n) is 0.0833. The molecule has 1 unspecified atom stereocenters. The van der Waals surface area contributed by atoms with Gasteiger partial charge in [-0.3, -0.25) is 5.32 Å². The van der Waals surface area contributed by atoms with Gasteiger partial charge in [-0.25, -0.2) is 4.39 Å². The Bertz CT molecular complexity index is 64.4. The lowest BCUT2D eigenvalue weighted by molar-refractivity contribution is 0.368. The van der Waals surface area contributed by atoms with E-state index in [0.29, 0.717) is 0 Å². The summed E-state index contributed by atoms with van der Waals surface area (Å²) in [4.78, 5) is 0. The van der Waals surface area contributed by atoms with Crippen LogP contribution in [0.5, 0.6) is 0 Å². The highest BCUT2D eigenvalue weighted by Gasteiger charge is 1.88. The molecule has 0 radical (unpaired) electrons.